The summed E-state index contributed by atoms with van der Waals surface area (Å²) in [6.45, 7) is 5.42. The molecule has 82 valence electrons. The number of carbonyl (C=O) groups is 1. The summed E-state index contributed by atoms with van der Waals surface area (Å²) in [5.74, 6) is 0.118. The molecule has 4 heteroatoms. The lowest BCUT2D eigenvalue weighted by Gasteiger charge is -2.30. The van der Waals surface area contributed by atoms with E-state index in [9.17, 15) is 4.79 Å². The number of rotatable bonds is 4. The van der Waals surface area contributed by atoms with Gasteiger partial charge < -0.3 is 15.5 Å². The summed E-state index contributed by atoms with van der Waals surface area (Å²) in [6, 6.07) is 0.347. The van der Waals surface area contributed by atoms with E-state index in [-0.39, 0.29) is 5.91 Å². The fourth-order valence-corrected chi connectivity index (χ4v) is 1.80. The largest absolute Gasteiger partial charge is 0.351 e. The Hall–Kier alpha value is -0.610. The van der Waals surface area contributed by atoms with Crippen LogP contribution in [0.1, 0.15) is 19.8 Å². The molecule has 14 heavy (non-hydrogen) atoms. The van der Waals surface area contributed by atoms with Gasteiger partial charge in [0.25, 0.3) is 0 Å². The Balaban J connectivity index is 2.18. The normalized spacial score (nSPS) is 23.4. The molecule has 2 N–H and O–H groups in total. The molecule has 0 bridgehead atoms. The average molecular weight is 199 g/mol. The molecule has 1 saturated heterocycles. The van der Waals surface area contributed by atoms with Crippen molar-refractivity contribution in [3.05, 3.63) is 0 Å². The highest BCUT2D eigenvalue weighted by molar-refractivity contribution is 5.78. The predicted octanol–water partition coefficient (Wildman–Crippen LogP) is -0.194. The summed E-state index contributed by atoms with van der Waals surface area (Å²) in [5.41, 5.74) is 0. The number of piperidine rings is 1. The summed E-state index contributed by atoms with van der Waals surface area (Å²) in [5, 5.41) is 6.06. The van der Waals surface area contributed by atoms with Crippen LogP contribution in [-0.2, 0) is 4.79 Å². The number of amides is 1. The van der Waals surface area contributed by atoms with Gasteiger partial charge >= 0.3 is 0 Å². The van der Waals surface area contributed by atoms with Crippen LogP contribution in [0.5, 0.6) is 0 Å². The Morgan fingerprint density at radius 3 is 3.00 bits per heavy atom. The third-order valence-electron chi connectivity index (χ3n) is 2.53. The molecule has 0 saturated carbocycles. The van der Waals surface area contributed by atoms with E-state index in [1.165, 1.54) is 6.42 Å². The second kappa shape index (κ2) is 5.98. The quantitative estimate of drug-likeness (QED) is 0.659. The van der Waals surface area contributed by atoms with Crippen molar-refractivity contribution in [1.82, 2.24) is 15.5 Å². The molecule has 1 atom stereocenters. The summed E-state index contributed by atoms with van der Waals surface area (Å²) >= 11 is 0. The van der Waals surface area contributed by atoms with E-state index in [2.05, 4.69) is 22.6 Å². The molecule has 1 amide bonds. The molecule has 1 aliphatic rings. The first-order valence-corrected chi connectivity index (χ1v) is 5.41. The van der Waals surface area contributed by atoms with E-state index < -0.39 is 0 Å². The van der Waals surface area contributed by atoms with Crippen LogP contribution < -0.4 is 10.6 Å². The zero-order valence-corrected chi connectivity index (χ0v) is 9.18. The van der Waals surface area contributed by atoms with Gasteiger partial charge in [-0.05, 0) is 33.0 Å². The maximum atomic E-state index is 11.4. The molecule has 4 nitrogen and oxygen atoms in total. The molecule has 1 unspecified atom stereocenters. The van der Waals surface area contributed by atoms with Gasteiger partial charge in [-0.15, -0.1) is 0 Å². The van der Waals surface area contributed by atoms with Crippen LogP contribution in [0.3, 0.4) is 0 Å². The lowest BCUT2D eigenvalue weighted by molar-refractivity contribution is -0.121. The van der Waals surface area contributed by atoms with Crippen LogP contribution in [0.2, 0.25) is 0 Å². The number of nitrogens with zero attached hydrogens (tertiary/aromatic N) is 1. The minimum absolute atomic E-state index is 0.118. The molecule has 0 aromatic rings. The molecule has 0 aromatic heterocycles. The van der Waals surface area contributed by atoms with Crippen molar-refractivity contribution in [3.8, 4) is 0 Å². The Morgan fingerprint density at radius 1 is 1.57 bits per heavy atom. The number of likely N-dealkylation sites (tertiary alicyclic amines) is 1. The lowest BCUT2D eigenvalue weighted by atomic mass is 10.1. The summed E-state index contributed by atoms with van der Waals surface area (Å²) in [7, 11) is 2.10. The third-order valence-corrected chi connectivity index (χ3v) is 2.53. The number of hydrogen-bond donors (Lipinski definition) is 2. The molecule has 1 fully saturated rings. The van der Waals surface area contributed by atoms with Gasteiger partial charge in [-0.2, -0.15) is 0 Å². The number of hydrogen-bond acceptors (Lipinski definition) is 3. The highest BCUT2D eigenvalue weighted by Gasteiger charge is 2.18. The van der Waals surface area contributed by atoms with Crippen LogP contribution in [0.25, 0.3) is 0 Å². The predicted molar refractivity (Wildman–Crippen MR) is 57.2 cm³/mol. The van der Waals surface area contributed by atoms with Gasteiger partial charge in [-0.25, -0.2) is 0 Å². The highest BCUT2D eigenvalue weighted by atomic mass is 16.2. The zero-order valence-electron chi connectivity index (χ0n) is 9.18. The molecule has 1 heterocycles. The Kier molecular flexibility index (Phi) is 4.90. The Morgan fingerprint density at radius 2 is 2.36 bits per heavy atom. The molecule has 0 spiro atoms. The first-order valence-electron chi connectivity index (χ1n) is 5.41. The molecular formula is C10H21N3O. The van der Waals surface area contributed by atoms with Crippen LogP contribution in [0.4, 0.5) is 0 Å². The molecule has 1 aliphatic heterocycles. The van der Waals surface area contributed by atoms with Crippen LogP contribution in [-0.4, -0.2) is 50.1 Å². The SMILES string of the molecule is CCNCC(=O)NC1CCCN(C)C1. The van der Waals surface area contributed by atoms with Crippen molar-refractivity contribution in [3.63, 3.8) is 0 Å². The summed E-state index contributed by atoms with van der Waals surface area (Å²) in [6.07, 6.45) is 2.30. The van der Waals surface area contributed by atoms with Gasteiger partial charge in [0.2, 0.25) is 5.91 Å². The van der Waals surface area contributed by atoms with E-state index in [0.29, 0.717) is 12.6 Å². The van der Waals surface area contributed by atoms with Gasteiger partial charge in [0, 0.05) is 12.6 Å². The molecule has 1 rings (SSSR count). The fourth-order valence-electron chi connectivity index (χ4n) is 1.80. The topological polar surface area (TPSA) is 44.4 Å². The van der Waals surface area contributed by atoms with E-state index in [1.807, 2.05) is 6.92 Å². The van der Waals surface area contributed by atoms with E-state index >= 15 is 0 Å². The van der Waals surface area contributed by atoms with Crippen LogP contribution in [0, 0.1) is 0 Å². The van der Waals surface area contributed by atoms with Crippen molar-refractivity contribution in [1.29, 1.82) is 0 Å². The molecule has 0 aromatic carbocycles. The molecular weight excluding hydrogens is 178 g/mol. The van der Waals surface area contributed by atoms with Gasteiger partial charge in [0.05, 0.1) is 6.54 Å². The van der Waals surface area contributed by atoms with Crippen LogP contribution >= 0.6 is 0 Å². The van der Waals surface area contributed by atoms with Crippen LogP contribution in [0.15, 0.2) is 0 Å². The van der Waals surface area contributed by atoms with Gasteiger partial charge in [0.15, 0.2) is 0 Å². The van der Waals surface area contributed by atoms with Crippen molar-refractivity contribution in [2.45, 2.75) is 25.8 Å². The van der Waals surface area contributed by atoms with Crippen molar-refractivity contribution >= 4 is 5.91 Å². The average Bonchev–Trinajstić information content (AvgIpc) is 2.15. The molecule has 0 aliphatic carbocycles. The van der Waals surface area contributed by atoms with E-state index in [1.54, 1.807) is 0 Å². The maximum absolute atomic E-state index is 11.4. The number of nitrogens with one attached hydrogen (secondary N) is 2. The zero-order chi connectivity index (χ0) is 10.4. The second-order valence-electron chi connectivity index (χ2n) is 3.95. The standard InChI is InChI=1S/C10H21N3O/c1-3-11-7-10(14)12-9-5-4-6-13(2)8-9/h9,11H,3-8H2,1-2H3,(H,12,14). The van der Waals surface area contributed by atoms with Gasteiger partial charge in [-0.1, -0.05) is 6.92 Å². The van der Waals surface area contributed by atoms with E-state index in [4.69, 9.17) is 0 Å². The van der Waals surface area contributed by atoms with Crippen molar-refractivity contribution < 1.29 is 4.79 Å². The smallest absolute Gasteiger partial charge is 0.234 e. The third kappa shape index (κ3) is 4.07. The van der Waals surface area contributed by atoms with Gasteiger partial charge in [0.1, 0.15) is 0 Å². The van der Waals surface area contributed by atoms with Crippen molar-refractivity contribution in [2.75, 3.05) is 33.2 Å². The second-order valence-corrected chi connectivity index (χ2v) is 3.95. The number of carbonyl (C=O) groups excluding carboxylic acids is 1. The maximum Gasteiger partial charge on any atom is 0.234 e. The first-order chi connectivity index (χ1) is 6.72. The first kappa shape index (κ1) is 11.5. The monoisotopic (exact) mass is 199 g/mol. The highest BCUT2D eigenvalue weighted by Crippen LogP contribution is 2.07. The van der Waals surface area contributed by atoms with Crippen molar-refractivity contribution in [2.24, 2.45) is 0 Å². The fraction of sp³-hybridized carbons (Fsp3) is 0.900. The van der Waals surface area contributed by atoms with E-state index in [0.717, 1.165) is 26.1 Å². The molecule has 0 radical (unpaired) electrons. The van der Waals surface area contributed by atoms with Gasteiger partial charge in [-0.3, -0.25) is 4.79 Å². The minimum atomic E-state index is 0.118. The Labute approximate surface area is 86.0 Å². The Bertz CT molecular complexity index is 184. The number of likely N-dealkylation sites (N-methyl/N-ethyl adjacent to an activating group) is 2. The summed E-state index contributed by atoms with van der Waals surface area (Å²) < 4.78 is 0. The lowest BCUT2D eigenvalue weighted by Crippen LogP contribution is -2.48. The minimum Gasteiger partial charge on any atom is -0.351 e. The summed E-state index contributed by atoms with van der Waals surface area (Å²) in [4.78, 5) is 13.7.